The first-order valence-corrected chi connectivity index (χ1v) is 12.4. The Balaban J connectivity index is 2.38. The molecule has 1 saturated heterocycles. The van der Waals surface area contributed by atoms with Crippen molar-refractivity contribution in [2.45, 2.75) is 72.2 Å². The summed E-state index contributed by atoms with van der Waals surface area (Å²) in [6, 6.07) is 4.10. The van der Waals surface area contributed by atoms with Crippen LogP contribution in [0, 0.1) is 0 Å². The third-order valence-corrected chi connectivity index (χ3v) is 5.07. The predicted octanol–water partition coefficient (Wildman–Crippen LogP) is 1.18. The lowest BCUT2D eigenvalue weighted by Gasteiger charge is -2.43. The van der Waals surface area contributed by atoms with E-state index >= 15 is 0 Å². The fourth-order valence-corrected chi connectivity index (χ4v) is 3.70. The van der Waals surface area contributed by atoms with Crippen LogP contribution in [0.4, 0.5) is 0 Å². The quantitative estimate of drug-likeness (QED) is 0.162. The van der Waals surface area contributed by atoms with Gasteiger partial charge < -0.3 is 37.9 Å². The molecule has 0 aliphatic carbocycles. The highest BCUT2D eigenvalue weighted by Crippen LogP contribution is 2.31. The molecule has 228 valence electrons. The zero-order valence-electron chi connectivity index (χ0n) is 23.6. The van der Waals surface area contributed by atoms with Gasteiger partial charge in [-0.25, -0.2) is 4.79 Å². The molecule has 42 heavy (non-hydrogen) atoms. The molecule has 1 aliphatic heterocycles. The van der Waals surface area contributed by atoms with E-state index in [1.54, 1.807) is 0 Å². The smallest absolute Gasteiger partial charge is 0.333 e. The number of esters is 7. The summed E-state index contributed by atoms with van der Waals surface area (Å²) in [7, 11) is 0. The molecular formula is C27H30O15. The van der Waals surface area contributed by atoms with Crippen molar-refractivity contribution in [2.24, 2.45) is 0 Å². The van der Waals surface area contributed by atoms with Crippen LogP contribution in [0.2, 0.25) is 0 Å². The number of hydrogen-bond acceptors (Lipinski definition) is 15. The minimum atomic E-state index is -1.72. The van der Waals surface area contributed by atoms with Gasteiger partial charge in [-0.3, -0.25) is 28.8 Å². The zero-order chi connectivity index (χ0) is 31.6. The third kappa shape index (κ3) is 10.6. The molecule has 15 nitrogen and oxygen atoms in total. The molecule has 1 heterocycles. The van der Waals surface area contributed by atoms with Crippen LogP contribution in [0.3, 0.4) is 0 Å². The summed E-state index contributed by atoms with van der Waals surface area (Å²) in [6.45, 7) is 6.07. The highest BCUT2D eigenvalue weighted by atomic mass is 16.7. The summed E-state index contributed by atoms with van der Waals surface area (Å²) >= 11 is 0. The van der Waals surface area contributed by atoms with Gasteiger partial charge in [0, 0.05) is 47.6 Å². The molecule has 0 N–H and O–H groups in total. The van der Waals surface area contributed by atoms with E-state index in [9.17, 15) is 33.6 Å². The standard InChI is InChI=1S/C27H30O15/c1-13(28)35-12-22-24(38-16(4)31)25(39-17(5)32)26(40-18(6)33)27(41-22)42-23(34)10-8-19-7-9-20(36-14(2)29)21(11-19)37-15(3)30/h7-11,22,24-27H,12H2,1-6H3/b10-8-/t22-,24-,25+,26-,27+/m1/s1. The molecule has 0 unspecified atom stereocenters. The molecule has 0 radical (unpaired) electrons. The van der Waals surface area contributed by atoms with E-state index in [-0.39, 0.29) is 11.5 Å². The minimum Gasteiger partial charge on any atom is -0.463 e. The molecule has 1 aromatic rings. The van der Waals surface area contributed by atoms with Crippen molar-refractivity contribution in [3.8, 4) is 11.5 Å². The van der Waals surface area contributed by atoms with Crippen LogP contribution in [0.5, 0.6) is 11.5 Å². The second kappa shape index (κ2) is 15.3. The van der Waals surface area contributed by atoms with E-state index in [4.69, 9.17) is 37.9 Å². The molecule has 1 aliphatic rings. The SMILES string of the molecule is CC(=O)OC[C@H]1O[C@@H](OC(=O)/C=C\c2ccc(OC(C)=O)c(OC(C)=O)c2)[C@H](OC(C)=O)[C@@H](OC(C)=O)[C@@H]1OC(C)=O. The first-order chi connectivity index (χ1) is 19.7. The molecule has 0 saturated carbocycles. The highest BCUT2D eigenvalue weighted by molar-refractivity contribution is 5.87. The summed E-state index contributed by atoms with van der Waals surface area (Å²) < 4.78 is 41.8. The molecule has 1 aromatic carbocycles. The second-order valence-electron chi connectivity index (χ2n) is 8.73. The van der Waals surface area contributed by atoms with Crippen LogP contribution < -0.4 is 9.47 Å². The van der Waals surface area contributed by atoms with Gasteiger partial charge in [0.25, 0.3) is 0 Å². The average Bonchev–Trinajstić information content (AvgIpc) is 2.85. The van der Waals surface area contributed by atoms with Gasteiger partial charge in [0.1, 0.15) is 12.7 Å². The fourth-order valence-electron chi connectivity index (χ4n) is 3.70. The van der Waals surface area contributed by atoms with Crippen molar-refractivity contribution >= 4 is 47.9 Å². The minimum absolute atomic E-state index is 0.0325. The van der Waals surface area contributed by atoms with Crippen LogP contribution in [-0.2, 0) is 62.0 Å². The van der Waals surface area contributed by atoms with Crippen molar-refractivity contribution in [1.29, 1.82) is 0 Å². The molecular weight excluding hydrogens is 564 g/mol. The summed E-state index contributed by atoms with van der Waals surface area (Å²) in [5, 5.41) is 0. The monoisotopic (exact) mass is 594 g/mol. The lowest BCUT2D eigenvalue weighted by molar-refractivity contribution is -0.299. The maximum atomic E-state index is 12.8. The molecule has 0 amide bonds. The summed E-state index contributed by atoms with van der Waals surface area (Å²) in [5.41, 5.74) is 0.320. The largest absolute Gasteiger partial charge is 0.463 e. The fraction of sp³-hybridized carbons (Fsp3) is 0.444. The maximum Gasteiger partial charge on any atom is 0.333 e. The normalized spacial score (nSPS) is 21.4. The van der Waals surface area contributed by atoms with Gasteiger partial charge in [0.2, 0.25) is 12.4 Å². The lowest BCUT2D eigenvalue weighted by atomic mass is 9.98. The van der Waals surface area contributed by atoms with Crippen LogP contribution in [-0.4, -0.2) is 79.1 Å². The van der Waals surface area contributed by atoms with Crippen molar-refractivity contribution in [3.63, 3.8) is 0 Å². The molecule has 0 aromatic heterocycles. The maximum absolute atomic E-state index is 12.8. The number of ether oxygens (including phenoxy) is 8. The lowest BCUT2D eigenvalue weighted by Crippen LogP contribution is -2.63. The Labute approximate surface area is 239 Å². The summed E-state index contributed by atoms with van der Waals surface area (Å²) in [6.07, 6.45) is -5.35. The first kappa shape index (κ1) is 33.4. The van der Waals surface area contributed by atoms with Gasteiger partial charge in [-0.15, -0.1) is 0 Å². The van der Waals surface area contributed by atoms with E-state index in [0.29, 0.717) is 5.56 Å². The number of carbonyl (C=O) groups is 7. The van der Waals surface area contributed by atoms with Gasteiger partial charge in [-0.2, -0.15) is 0 Å². The van der Waals surface area contributed by atoms with E-state index in [2.05, 4.69) is 0 Å². The number of carbonyl (C=O) groups excluding carboxylic acids is 7. The van der Waals surface area contributed by atoms with Crippen molar-refractivity contribution in [2.75, 3.05) is 6.61 Å². The van der Waals surface area contributed by atoms with Crippen molar-refractivity contribution in [3.05, 3.63) is 29.8 Å². The third-order valence-electron chi connectivity index (χ3n) is 5.07. The molecule has 15 heteroatoms. The molecule has 0 spiro atoms. The number of benzene rings is 1. The molecule has 1 fully saturated rings. The Morgan fingerprint density at radius 1 is 0.667 bits per heavy atom. The summed E-state index contributed by atoms with van der Waals surface area (Å²) in [4.78, 5) is 82.6. The Kier molecular flexibility index (Phi) is 12.2. The van der Waals surface area contributed by atoms with Gasteiger partial charge in [0.15, 0.2) is 23.7 Å². The van der Waals surface area contributed by atoms with Crippen molar-refractivity contribution in [1.82, 2.24) is 0 Å². The van der Waals surface area contributed by atoms with Gasteiger partial charge >= 0.3 is 41.8 Å². The van der Waals surface area contributed by atoms with Gasteiger partial charge in [0.05, 0.1) is 0 Å². The van der Waals surface area contributed by atoms with Gasteiger partial charge in [-0.1, -0.05) is 6.07 Å². The van der Waals surface area contributed by atoms with E-state index in [1.807, 2.05) is 0 Å². The van der Waals surface area contributed by atoms with Crippen LogP contribution in [0.25, 0.3) is 6.08 Å². The Hall–Kier alpha value is -4.79. The molecule has 2 rings (SSSR count). The predicted molar refractivity (Wildman–Crippen MR) is 136 cm³/mol. The van der Waals surface area contributed by atoms with Crippen LogP contribution in [0.15, 0.2) is 24.3 Å². The highest BCUT2D eigenvalue weighted by Gasteiger charge is 2.53. The first-order valence-electron chi connectivity index (χ1n) is 12.4. The Bertz CT molecular complexity index is 1250. The van der Waals surface area contributed by atoms with E-state index < -0.39 is 79.1 Å². The van der Waals surface area contributed by atoms with Gasteiger partial charge in [-0.05, 0) is 23.8 Å². The zero-order valence-corrected chi connectivity index (χ0v) is 23.6. The Morgan fingerprint density at radius 3 is 1.76 bits per heavy atom. The van der Waals surface area contributed by atoms with Crippen LogP contribution >= 0.6 is 0 Å². The van der Waals surface area contributed by atoms with Crippen molar-refractivity contribution < 1.29 is 71.5 Å². The number of hydrogen-bond donors (Lipinski definition) is 0. The molecule has 5 atom stereocenters. The second-order valence-corrected chi connectivity index (χ2v) is 8.73. The van der Waals surface area contributed by atoms with E-state index in [0.717, 1.165) is 47.6 Å². The number of rotatable bonds is 10. The van der Waals surface area contributed by atoms with Crippen LogP contribution in [0.1, 0.15) is 47.1 Å². The Morgan fingerprint density at radius 2 is 1.21 bits per heavy atom. The summed E-state index contributed by atoms with van der Waals surface area (Å²) in [5.74, 6) is -5.75. The topological polar surface area (TPSA) is 193 Å². The van der Waals surface area contributed by atoms with E-state index in [1.165, 1.54) is 24.3 Å². The molecule has 0 bridgehead atoms. The average molecular weight is 595 g/mol.